The molecule has 0 saturated carbocycles. The van der Waals surface area contributed by atoms with Gasteiger partial charge in [-0.25, -0.2) is 4.57 Å². The Morgan fingerprint density at radius 1 is 0.643 bits per heavy atom. The Morgan fingerprint density at radius 2 is 0.929 bits per heavy atom. The summed E-state index contributed by atoms with van der Waals surface area (Å²) in [5.74, 6) is 0.0666. The van der Waals surface area contributed by atoms with E-state index in [1.165, 1.54) is 44.9 Å². The van der Waals surface area contributed by atoms with Crippen LogP contribution in [0.25, 0.3) is 0 Å². The first-order chi connectivity index (χ1) is 12.6. The molecular weight excluding hydrogens is 383 g/mol. The molecule has 0 fully saturated rings. The maximum atomic E-state index is 8.97. The summed E-state index contributed by atoms with van der Waals surface area (Å²) in [4.78, 5) is 21.6. The van der Waals surface area contributed by atoms with Crippen molar-refractivity contribution in [1.82, 2.24) is 0 Å². The van der Waals surface area contributed by atoms with Crippen LogP contribution in [0.3, 0.4) is 0 Å². The summed E-state index contributed by atoms with van der Waals surface area (Å²) in [6.45, 7) is 11.3. The predicted octanol–water partition coefficient (Wildman–Crippen LogP) is 4.15. The second-order valence-electron chi connectivity index (χ2n) is 8.99. The van der Waals surface area contributed by atoms with Gasteiger partial charge in [-0.2, -0.15) is 0 Å². The molecule has 8 heteroatoms. The van der Waals surface area contributed by atoms with Crippen LogP contribution in [0, 0.1) is 23.7 Å². The molecule has 0 aliphatic carbocycles. The molecule has 6 N–H and O–H groups in total. The molecule has 0 bridgehead atoms. The van der Waals surface area contributed by atoms with Crippen molar-refractivity contribution in [3.05, 3.63) is 0 Å². The summed E-state index contributed by atoms with van der Waals surface area (Å²) in [6.07, 6.45) is 11.3. The van der Waals surface area contributed by atoms with Crippen LogP contribution in [-0.4, -0.2) is 36.0 Å². The molecule has 0 aliphatic rings. The zero-order valence-corrected chi connectivity index (χ0v) is 19.3. The third kappa shape index (κ3) is 30.7. The lowest BCUT2D eigenvalue weighted by atomic mass is 9.90. The lowest BCUT2D eigenvalue weighted by Gasteiger charge is -2.20. The van der Waals surface area contributed by atoms with E-state index in [0.29, 0.717) is 0 Å². The highest BCUT2D eigenvalue weighted by molar-refractivity contribution is 7.45. The largest absolute Gasteiger partial charge is 0.466 e. The van der Waals surface area contributed by atoms with E-state index >= 15 is 0 Å². The van der Waals surface area contributed by atoms with Gasteiger partial charge in [0.1, 0.15) is 0 Å². The summed E-state index contributed by atoms with van der Waals surface area (Å²) in [7, 11) is -4.64. The van der Waals surface area contributed by atoms with Gasteiger partial charge in [0.05, 0.1) is 0 Å². The summed E-state index contributed by atoms with van der Waals surface area (Å²) < 4.78 is 8.88. The predicted molar refractivity (Wildman–Crippen MR) is 112 cm³/mol. The standard InChI is InChI=1S/C20H42O3.H3O4P/c1-16(2)9-6-10-17(3)11-7-12-18(4)13-8-14-19(5)15-20(21,22)23;1-5(2,3)4/h16-19,21-23H,6-15H2,1-5H3;(H3,1,2,3,4). The van der Waals surface area contributed by atoms with Crippen LogP contribution < -0.4 is 0 Å². The number of hydrogen-bond donors (Lipinski definition) is 6. The molecule has 0 rings (SSSR count). The van der Waals surface area contributed by atoms with E-state index in [9.17, 15) is 0 Å². The second-order valence-corrected chi connectivity index (χ2v) is 10.0. The molecule has 3 atom stereocenters. The van der Waals surface area contributed by atoms with Crippen LogP contribution >= 0.6 is 7.82 Å². The summed E-state index contributed by atoms with van der Waals surface area (Å²) in [5.41, 5.74) is 0. The normalized spacial score (nSPS) is 15.7. The van der Waals surface area contributed by atoms with Crippen molar-refractivity contribution in [2.24, 2.45) is 23.7 Å². The smallest absolute Gasteiger partial charge is 0.344 e. The summed E-state index contributed by atoms with van der Waals surface area (Å²) in [6, 6.07) is 0. The molecule has 28 heavy (non-hydrogen) atoms. The molecule has 0 aromatic carbocycles. The van der Waals surface area contributed by atoms with E-state index in [-0.39, 0.29) is 12.3 Å². The van der Waals surface area contributed by atoms with E-state index in [1.807, 2.05) is 6.92 Å². The van der Waals surface area contributed by atoms with E-state index in [2.05, 4.69) is 27.7 Å². The van der Waals surface area contributed by atoms with Crippen molar-refractivity contribution in [3.63, 3.8) is 0 Å². The van der Waals surface area contributed by atoms with Gasteiger partial charge in [-0.05, 0) is 23.7 Å². The van der Waals surface area contributed by atoms with Crippen molar-refractivity contribution in [2.75, 3.05) is 0 Å². The van der Waals surface area contributed by atoms with Crippen molar-refractivity contribution in [3.8, 4) is 0 Å². The van der Waals surface area contributed by atoms with Crippen molar-refractivity contribution >= 4 is 7.82 Å². The van der Waals surface area contributed by atoms with Crippen molar-refractivity contribution in [2.45, 2.75) is 105 Å². The number of hydrogen-bond acceptors (Lipinski definition) is 4. The Labute approximate surface area is 171 Å². The molecule has 0 aromatic rings. The third-order valence-electron chi connectivity index (χ3n) is 4.89. The SMILES string of the molecule is CC(C)CCCC(C)CCCC(C)CCCC(C)CC(O)(O)O.O=P(O)(O)O. The highest BCUT2D eigenvalue weighted by Crippen LogP contribution is 2.26. The fraction of sp³-hybridized carbons (Fsp3) is 1.00. The zero-order valence-electron chi connectivity index (χ0n) is 18.4. The average molecular weight is 429 g/mol. The van der Waals surface area contributed by atoms with E-state index < -0.39 is 13.8 Å². The Bertz CT molecular complexity index is 396. The third-order valence-corrected chi connectivity index (χ3v) is 4.89. The fourth-order valence-electron chi connectivity index (χ4n) is 3.36. The van der Waals surface area contributed by atoms with Gasteiger partial charge >= 0.3 is 7.82 Å². The molecule has 0 aromatic heterocycles. The Hall–Kier alpha value is -0.0100. The molecule has 7 nitrogen and oxygen atoms in total. The second kappa shape index (κ2) is 15.8. The lowest BCUT2D eigenvalue weighted by molar-refractivity contribution is -0.319. The minimum absolute atomic E-state index is 0.0370. The zero-order chi connectivity index (χ0) is 22.4. The van der Waals surface area contributed by atoms with Gasteiger partial charge in [0.25, 0.3) is 5.97 Å². The van der Waals surface area contributed by atoms with Crippen LogP contribution in [-0.2, 0) is 4.57 Å². The van der Waals surface area contributed by atoms with Gasteiger partial charge < -0.3 is 30.0 Å². The quantitative estimate of drug-likeness (QED) is 0.180. The highest BCUT2D eigenvalue weighted by Gasteiger charge is 2.21. The summed E-state index contributed by atoms with van der Waals surface area (Å²) in [5, 5.41) is 26.9. The van der Waals surface area contributed by atoms with Crippen LogP contribution in [0.15, 0.2) is 0 Å². The van der Waals surface area contributed by atoms with Crippen LogP contribution in [0.1, 0.15) is 98.8 Å². The number of aliphatic hydroxyl groups is 3. The lowest BCUT2D eigenvalue weighted by Crippen LogP contribution is -2.29. The fourth-order valence-corrected chi connectivity index (χ4v) is 3.36. The van der Waals surface area contributed by atoms with Crippen molar-refractivity contribution in [1.29, 1.82) is 0 Å². The van der Waals surface area contributed by atoms with Gasteiger partial charge in [0, 0.05) is 6.42 Å². The van der Waals surface area contributed by atoms with Gasteiger partial charge in [-0.15, -0.1) is 0 Å². The maximum Gasteiger partial charge on any atom is 0.466 e. The monoisotopic (exact) mass is 428 g/mol. The molecule has 0 spiro atoms. The van der Waals surface area contributed by atoms with E-state index in [4.69, 9.17) is 34.6 Å². The minimum atomic E-state index is -4.64. The molecule has 0 heterocycles. The topological polar surface area (TPSA) is 138 Å². The molecule has 0 radical (unpaired) electrons. The van der Waals surface area contributed by atoms with Gasteiger partial charge in [-0.3, -0.25) is 0 Å². The Balaban J connectivity index is 0. The van der Waals surface area contributed by atoms with Crippen molar-refractivity contribution < 1.29 is 34.6 Å². The Kier molecular flexibility index (Phi) is 17.0. The van der Waals surface area contributed by atoms with E-state index in [1.54, 1.807) is 0 Å². The molecule has 3 unspecified atom stereocenters. The van der Waals surface area contributed by atoms with Gasteiger partial charge in [0.2, 0.25) is 0 Å². The van der Waals surface area contributed by atoms with Crippen LogP contribution in [0.2, 0.25) is 0 Å². The van der Waals surface area contributed by atoms with Crippen LogP contribution in [0.4, 0.5) is 0 Å². The first kappa shape index (κ1) is 30.2. The van der Waals surface area contributed by atoms with Crippen LogP contribution in [0.5, 0.6) is 0 Å². The minimum Gasteiger partial charge on any atom is -0.344 e. The number of phosphoric acid groups is 1. The molecular formula is C20H45O7P. The highest BCUT2D eigenvalue weighted by atomic mass is 31.2. The molecule has 0 amide bonds. The molecule has 172 valence electrons. The first-order valence-electron chi connectivity index (χ1n) is 10.6. The molecule has 0 aliphatic heterocycles. The van der Waals surface area contributed by atoms with Gasteiger partial charge in [-0.1, -0.05) is 92.4 Å². The van der Waals surface area contributed by atoms with E-state index in [0.717, 1.165) is 30.6 Å². The maximum absolute atomic E-state index is 8.97. The average Bonchev–Trinajstić information content (AvgIpc) is 2.43. The molecule has 0 saturated heterocycles. The van der Waals surface area contributed by atoms with Gasteiger partial charge in [0.15, 0.2) is 0 Å². The first-order valence-corrected chi connectivity index (χ1v) is 12.1. The Morgan fingerprint density at radius 3 is 1.21 bits per heavy atom. The number of rotatable bonds is 14. The summed E-state index contributed by atoms with van der Waals surface area (Å²) >= 11 is 0.